The minimum atomic E-state index is -4.55. The molecule has 2 heterocycles. The van der Waals surface area contributed by atoms with Crippen molar-refractivity contribution in [1.29, 1.82) is 0 Å². The maximum atomic E-state index is 12.4. The van der Waals surface area contributed by atoms with E-state index in [4.69, 9.17) is 0 Å². The Morgan fingerprint density at radius 2 is 2.05 bits per heavy atom. The van der Waals surface area contributed by atoms with Gasteiger partial charge in [-0.15, -0.1) is 11.3 Å². The quantitative estimate of drug-likeness (QED) is 0.943. The van der Waals surface area contributed by atoms with Crippen LogP contribution in [0.2, 0.25) is 0 Å². The van der Waals surface area contributed by atoms with Gasteiger partial charge in [0, 0.05) is 17.8 Å². The standard InChI is InChI=1S/C11H9F3N4OS/c1-6-7(16-3-2-15-6)4-17-9(19)10-18-8(5-20-10)11(12,13)14/h2-3,5H,4H2,1H3,(H,17,19). The Kier molecular flexibility index (Phi) is 3.98. The second-order valence-electron chi connectivity index (χ2n) is 3.81. The molecule has 0 aliphatic carbocycles. The molecular formula is C11H9F3N4OS. The number of hydrogen-bond acceptors (Lipinski definition) is 5. The average molecular weight is 302 g/mol. The summed E-state index contributed by atoms with van der Waals surface area (Å²) in [5, 5.41) is 3.03. The monoisotopic (exact) mass is 302 g/mol. The molecule has 20 heavy (non-hydrogen) atoms. The van der Waals surface area contributed by atoms with Crippen LogP contribution in [0.15, 0.2) is 17.8 Å². The van der Waals surface area contributed by atoms with Crippen LogP contribution in [0.3, 0.4) is 0 Å². The molecule has 2 aromatic heterocycles. The van der Waals surface area contributed by atoms with Crippen LogP contribution in [0, 0.1) is 6.92 Å². The van der Waals surface area contributed by atoms with Crippen molar-refractivity contribution in [1.82, 2.24) is 20.3 Å². The maximum Gasteiger partial charge on any atom is 0.434 e. The largest absolute Gasteiger partial charge is 0.434 e. The van der Waals surface area contributed by atoms with Crippen molar-refractivity contribution < 1.29 is 18.0 Å². The number of aromatic nitrogens is 3. The maximum absolute atomic E-state index is 12.4. The third-order valence-electron chi connectivity index (χ3n) is 2.39. The van der Waals surface area contributed by atoms with E-state index >= 15 is 0 Å². The summed E-state index contributed by atoms with van der Waals surface area (Å²) >= 11 is 0.645. The van der Waals surface area contributed by atoms with Gasteiger partial charge >= 0.3 is 6.18 Å². The van der Waals surface area contributed by atoms with Gasteiger partial charge in [0.05, 0.1) is 17.9 Å². The van der Waals surface area contributed by atoms with Crippen LogP contribution >= 0.6 is 11.3 Å². The normalized spacial score (nSPS) is 11.4. The van der Waals surface area contributed by atoms with Crippen molar-refractivity contribution >= 4 is 17.2 Å². The Morgan fingerprint density at radius 3 is 2.65 bits per heavy atom. The first-order valence-electron chi connectivity index (χ1n) is 5.45. The fourth-order valence-corrected chi connectivity index (χ4v) is 2.10. The highest BCUT2D eigenvalue weighted by Gasteiger charge is 2.34. The lowest BCUT2D eigenvalue weighted by atomic mass is 10.3. The minimum absolute atomic E-state index is 0.0828. The van der Waals surface area contributed by atoms with Crippen LogP contribution in [-0.2, 0) is 12.7 Å². The number of halogens is 3. The molecule has 5 nitrogen and oxygen atoms in total. The Balaban J connectivity index is 2.02. The number of amides is 1. The molecule has 0 unspecified atom stereocenters. The van der Waals surface area contributed by atoms with E-state index in [1.807, 2.05) is 0 Å². The van der Waals surface area contributed by atoms with Gasteiger partial charge in [-0.25, -0.2) is 4.98 Å². The highest BCUT2D eigenvalue weighted by atomic mass is 32.1. The number of aryl methyl sites for hydroxylation is 1. The summed E-state index contributed by atoms with van der Waals surface area (Å²) in [6, 6.07) is 0. The van der Waals surface area contributed by atoms with Gasteiger partial charge in [0.15, 0.2) is 10.7 Å². The topological polar surface area (TPSA) is 67.8 Å². The lowest BCUT2D eigenvalue weighted by molar-refractivity contribution is -0.140. The van der Waals surface area contributed by atoms with E-state index in [1.54, 1.807) is 6.92 Å². The van der Waals surface area contributed by atoms with Crippen molar-refractivity contribution in [2.24, 2.45) is 0 Å². The van der Waals surface area contributed by atoms with Crippen molar-refractivity contribution in [3.63, 3.8) is 0 Å². The first-order valence-corrected chi connectivity index (χ1v) is 6.33. The lowest BCUT2D eigenvalue weighted by Gasteiger charge is -2.04. The number of alkyl halides is 3. The van der Waals surface area contributed by atoms with Gasteiger partial charge in [0.2, 0.25) is 0 Å². The van der Waals surface area contributed by atoms with E-state index in [9.17, 15) is 18.0 Å². The number of thiazole rings is 1. The van der Waals surface area contributed by atoms with Gasteiger partial charge in [-0.3, -0.25) is 14.8 Å². The number of rotatable bonds is 3. The van der Waals surface area contributed by atoms with Crippen LogP contribution in [0.1, 0.15) is 26.9 Å². The van der Waals surface area contributed by atoms with Crippen molar-refractivity contribution in [3.05, 3.63) is 39.9 Å². The van der Waals surface area contributed by atoms with Gasteiger partial charge < -0.3 is 5.32 Å². The van der Waals surface area contributed by atoms with E-state index in [-0.39, 0.29) is 11.6 Å². The zero-order valence-electron chi connectivity index (χ0n) is 10.2. The molecule has 0 fully saturated rings. The van der Waals surface area contributed by atoms with E-state index in [0.29, 0.717) is 22.7 Å². The van der Waals surface area contributed by atoms with Crippen molar-refractivity contribution in [2.45, 2.75) is 19.6 Å². The summed E-state index contributed by atoms with van der Waals surface area (Å²) in [5.41, 5.74) is 0.125. The number of carbonyl (C=O) groups is 1. The first kappa shape index (κ1) is 14.4. The molecule has 2 aromatic rings. The SMILES string of the molecule is Cc1nccnc1CNC(=O)c1nc(C(F)(F)F)cs1. The van der Waals surface area contributed by atoms with Crippen LogP contribution in [-0.4, -0.2) is 20.9 Å². The molecule has 0 aliphatic heterocycles. The van der Waals surface area contributed by atoms with E-state index in [1.165, 1.54) is 12.4 Å². The molecule has 0 saturated heterocycles. The molecule has 106 valence electrons. The summed E-state index contributed by atoms with van der Waals surface area (Å²) in [5.74, 6) is -0.671. The van der Waals surface area contributed by atoms with E-state index in [2.05, 4.69) is 20.3 Å². The molecule has 0 aliphatic rings. The number of nitrogens with one attached hydrogen (secondary N) is 1. The predicted octanol–water partition coefficient (Wildman–Crippen LogP) is 2.19. The summed E-state index contributed by atoms with van der Waals surface area (Å²) in [6.07, 6.45) is -1.56. The molecule has 0 spiro atoms. The highest BCUT2D eigenvalue weighted by Crippen LogP contribution is 2.29. The molecule has 2 rings (SSSR count). The molecule has 0 atom stereocenters. The van der Waals surface area contributed by atoms with Crippen molar-refractivity contribution in [3.8, 4) is 0 Å². The Hall–Kier alpha value is -2.03. The third-order valence-corrected chi connectivity index (χ3v) is 3.23. The smallest absolute Gasteiger partial charge is 0.344 e. The summed E-state index contributed by atoms with van der Waals surface area (Å²) < 4.78 is 37.1. The second-order valence-corrected chi connectivity index (χ2v) is 4.66. The molecule has 1 N–H and O–H groups in total. The molecule has 0 aromatic carbocycles. The summed E-state index contributed by atoms with van der Waals surface area (Å²) in [7, 11) is 0. The lowest BCUT2D eigenvalue weighted by Crippen LogP contribution is -2.24. The zero-order chi connectivity index (χ0) is 14.8. The highest BCUT2D eigenvalue weighted by molar-refractivity contribution is 7.11. The molecule has 0 radical (unpaired) electrons. The van der Waals surface area contributed by atoms with Crippen molar-refractivity contribution in [2.75, 3.05) is 0 Å². The van der Waals surface area contributed by atoms with Gasteiger partial charge in [0.25, 0.3) is 5.91 Å². The Labute approximate surface area is 115 Å². The average Bonchev–Trinajstić information content (AvgIpc) is 2.87. The van der Waals surface area contributed by atoms with Crippen LogP contribution in [0.25, 0.3) is 0 Å². The molecule has 9 heteroatoms. The number of hydrogen-bond donors (Lipinski definition) is 1. The van der Waals surface area contributed by atoms with E-state index < -0.39 is 17.8 Å². The fraction of sp³-hybridized carbons (Fsp3) is 0.273. The Morgan fingerprint density at radius 1 is 1.35 bits per heavy atom. The summed E-state index contributed by atoms with van der Waals surface area (Å²) in [4.78, 5) is 23.0. The first-order chi connectivity index (χ1) is 9.38. The van der Waals surface area contributed by atoms with Gasteiger partial charge in [-0.05, 0) is 6.92 Å². The molecule has 0 saturated carbocycles. The summed E-state index contributed by atoms with van der Waals surface area (Å²) in [6.45, 7) is 1.80. The van der Waals surface area contributed by atoms with Gasteiger partial charge in [-0.2, -0.15) is 13.2 Å². The van der Waals surface area contributed by atoms with Crippen LogP contribution in [0.5, 0.6) is 0 Å². The van der Waals surface area contributed by atoms with E-state index in [0.717, 1.165) is 5.38 Å². The van der Waals surface area contributed by atoms with Gasteiger partial charge in [-0.1, -0.05) is 0 Å². The van der Waals surface area contributed by atoms with Crippen LogP contribution in [0.4, 0.5) is 13.2 Å². The minimum Gasteiger partial charge on any atom is -0.344 e. The number of carbonyl (C=O) groups excluding carboxylic acids is 1. The molecular weight excluding hydrogens is 293 g/mol. The Bertz CT molecular complexity index is 626. The number of nitrogens with zero attached hydrogens (tertiary/aromatic N) is 3. The molecule has 1 amide bonds. The third kappa shape index (κ3) is 3.29. The van der Waals surface area contributed by atoms with Gasteiger partial charge in [0.1, 0.15) is 0 Å². The van der Waals surface area contributed by atoms with Crippen LogP contribution < -0.4 is 5.32 Å². The predicted molar refractivity (Wildman–Crippen MR) is 65.1 cm³/mol. The second kappa shape index (κ2) is 5.53. The fourth-order valence-electron chi connectivity index (χ4n) is 1.36. The molecule has 0 bridgehead atoms. The zero-order valence-corrected chi connectivity index (χ0v) is 11.0.